The first-order chi connectivity index (χ1) is 12.1. The van der Waals surface area contributed by atoms with Crippen LogP contribution in [0.3, 0.4) is 0 Å². The van der Waals surface area contributed by atoms with E-state index in [0.29, 0.717) is 12.0 Å². The minimum absolute atomic E-state index is 0.0476. The molecule has 0 N–H and O–H groups in total. The van der Waals surface area contributed by atoms with Gasteiger partial charge in [0.15, 0.2) is 5.78 Å². The second-order valence-corrected chi connectivity index (χ2v) is 7.65. The molecule has 0 unspecified atom stereocenters. The third-order valence-corrected chi connectivity index (χ3v) is 5.58. The average Bonchev–Trinajstić information content (AvgIpc) is 3.01. The molecule has 0 bridgehead atoms. The van der Waals surface area contributed by atoms with Crippen LogP contribution in [0.25, 0.3) is 0 Å². The molecule has 1 fully saturated rings. The van der Waals surface area contributed by atoms with Crippen LogP contribution in [-0.2, 0) is 23.9 Å². The van der Waals surface area contributed by atoms with E-state index in [9.17, 15) is 14.4 Å². The molecule has 142 valence electrons. The summed E-state index contributed by atoms with van der Waals surface area (Å²) >= 11 is 0. The Kier molecular flexibility index (Phi) is 5.89. The molecule has 0 aliphatic heterocycles. The summed E-state index contributed by atoms with van der Waals surface area (Å²) in [6, 6.07) is 0. The van der Waals surface area contributed by atoms with Crippen LogP contribution in [0.15, 0.2) is 34.9 Å². The monoisotopic (exact) mass is 360 g/mol. The van der Waals surface area contributed by atoms with Gasteiger partial charge in [0.1, 0.15) is 6.10 Å². The number of carbonyl (C=O) groups is 3. The van der Waals surface area contributed by atoms with Gasteiger partial charge in [-0.2, -0.15) is 0 Å². The van der Waals surface area contributed by atoms with E-state index < -0.39 is 12.1 Å². The van der Waals surface area contributed by atoms with Crippen LogP contribution in [0.1, 0.15) is 47.5 Å². The maximum Gasteiger partial charge on any atom is 0.333 e. The number of methoxy groups -OCH3 is 1. The fourth-order valence-electron chi connectivity index (χ4n) is 3.65. The second kappa shape index (κ2) is 7.60. The van der Waals surface area contributed by atoms with E-state index in [2.05, 4.69) is 0 Å². The van der Waals surface area contributed by atoms with Crippen LogP contribution in [0, 0.1) is 17.3 Å². The molecule has 0 spiro atoms. The lowest BCUT2D eigenvalue weighted by atomic mass is 10.1. The molecule has 2 rings (SSSR count). The van der Waals surface area contributed by atoms with Crippen molar-refractivity contribution in [1.82, 2.24) is 0 Å². The smallest absolute Gasteiger partial charge is 0.333 e. The highest BCUT2D eigenvalue weighted by atomic mass is 16.5. The quantitative estimate of drug-likeness (QED) is 0.412. The molecule has 0 aromatic rings. The van der Waals surface area contributed by atoms with Crippen LogP contribution in [0.5, 0.6) is 0 Å². The van der Waals surface area contributed by atoms with Gasteiger partial charge in [-0.1, -0.05) is 32.1 Å². The van der Waals surface area contributed by atoms with E-state index in [-0.39, 0.29) is 35.4 Å². The molecule has 0 radical (unpaired) electrons. The summed E-state index contributed by atoms with van der Waals surface area (Å²) < 4.78 is 10.4. The maximum absolute atomic E-state index is 12.7. The fraction of sp³-hybridized carbons (Fsp3) is 0.571. The van der Waals surface area contributed by atoms with Gasteiger partial charge in [0.05, 0.1) is 19.4 Å². The van der Waals surface area contributed by atoms with Gasteiger partial charge in [-0.05, 0) is 44.1 Å². The molecule has 0 saturated heterocycles. The Bertz CT molecular complexity index is 708. The van der Waals surface area contributed by atoms with Crippen molar-refractivity contribution in [3.63, 3.8) is 0 Å². The number of rotatable bonds is 6. The first-order valence-corrected chi connectivity index (χ1v) is 8.96. The van der Waals surface area contributed by atoms with Gasteiger partial charge in [-0.25, -0.2) is 4.79 Å². The van der Waals surface area contributed by atoms with Crippen molar-refractivity contribution in [1.29, 1.82) is 0 Å². The molecule has 0 aromatic carbocycles. The van der Waals surface area contributed by atoms with Gasteiger partial charge < -0.3 is 9.47 Å². The van der Waals surface area contributed by atoms with Crippen molar-refractivity contribution >= 4 is 17.7 Å². The Morgan fingerprint density at radius 2 is 1.96 bits per heavy atom. The Morgan fingerprint density at radius 1 is 1.31 bits per heavy atom. The number of ether oxygens (including phenoxy) is 2. The summed E-state index contributed by atoms with van der Waals surface area (Å²) in [5, 5.41) is 0. The summed E-state index contributed by atoms with van der Waals surface area (Å²) in [5.41, 5.74) is 1.80. The van der Waals surface area contributed by atoms with Gasteiger partial charge in [0.25, 0.3) is 0 Å². The zero-order chi connectivity index (χ0) is 19.6. The standard InChI is InChI=1S/C21H28O5/c1-7-8-9-14-13(3)17(11-16(14)22)26-20(24)18-15(21(18,4)5)10-12(2)19(23)25-6/h7-8,10,15,17-18H,9,11H2,1-6H3/b8-7+,12-10+/t15-,17+,18+/m1/s1. The molecule has 0 heterocycles. The first kappa shape index (κ1) is 20.1. The van der Waals surface area contributed by atoms with Crippen molar-refractivity contribution < 1.29 is 23.9 Å². The molecule has 0 aromatic heterocycles. The van der Waals surface area contributed by atoms with E-state index in [1.165, 1.54) is 7.11 Å². The normalized spacial score (nSPS) is 27.8. The summed E-state index contributed by atoms with van der Waals surface area (Å²) in [6.45, 7) is 9.40. The van der Waals surface area contributed by atoms with Crippen molar-refractivity contribution in [2.45, 2.75) is 53.6 Å². The SMILES string of the molecule is C/C=C/CC1=C(C)[C@@H](OC(=O)[C@@H]2[C@@H](/C=C(\C)C(=O)OC)C2(C)C)CC1=O. The van der Waals surface area contributed by atoms with Crippen LogP contribution < -0.4 is 0 Å². The molecule has 2 aliphatic rings. The second-order valence-electron chi connectivity index (χ2n) is 7.65. The Labute approximate surface area is 155 Å². The molecular weight excluding hydrogens is 332 g/mol. The maximum atomic E-state index is 12.7. The molecule has 1 saturated carbocycles. The summed E-state index contributed by atoms with van der Waals surface area (Å²) in [6.07, 6.45) is 5.95. The Hall–Kier alpha value is -2.17. The average molecular weight is 360 g/mol. The molecule has 3 atom stereocenters. The van der Waals surface area contributed by atoms with Crippen molar-refractivity contribution in [2.75, 3.05) is 7.11 Å². The number of Topliss-reactive ketones (excluding diaryl/α,β-unsaturated/α-hetero) is 1. The minimum Gasteiger partial charge on any atom is -0.466 e. The minimum atomic E-state index is -0.474. The Balaban J connectivity index is 2.08. The molecule has 2 aliphatic carbocycles. The zero-order valence-electron chi connectivity index (χ0n) is 16.4. The van der Waals surface area contributed by atoms with Gasteiger partial charge in [0, 0.05) is 11.1 Å². The highest BCUT2D eigenvalue weighted by Crippen LogP contribution is 2.60. The zero-order valence-corrected chi connectivity index (χ0v) is 16.4. The van der Waals surface area contributed by atoms with E-state index in [1.807, 2.05) is 39.8 Å². The molecular formula is C21H28O5. The van der Waals surface area contributed by atoms with Crippen molar-refractivity contribution in [2.24, 2.45) is 17.3 Å². The number of allylic oxidation sites excluding steroid dienone is 4. The van der Waals surface area contributed by atoms with Crippen LogP contribution in [0.4, 0.5) is 0 Å². The van der Waals surface area contributed by atoms with E-state index in [0.717, 1.165) is 11.1 Å². The van der Waals surface area contributed by atoms with Gasteiger partial charge in [-0.3, -0.25) is 9.59 Å². The van der Waals surface area contributed by atoms with Gasteiger partial charge in [-0.15, -0.1) is 0 Å². The number of esters is 2. The fourth-order valence-corrected chi connectivity index (χ4v) is 3.65. The summed E-state index contributed by atoms with van der Waals surface area (Å²) in [5.74, 6) is -1.04. The van der Waals surface area contributed by atoms with E-state index >= 15 is 0 Å². The third kappa shape index (κ3) is 3.81. The highest BCUT2D eigenvalue weighted by Gasteiger charge is 2.62. The predicted octanol–water partition coefficient (Wildman–Crippen LogP) is 3.55. The van der Waals surface area contributed by atoms with Gasteiger partial charge >= 0.3 is 11.9 Å². The van der Waals surface area contributed by atoms with Crippen molar-refractivity contribution in [3.8, 4) is 0 Å². The van der Waals surface area contributed by atoms with Crippen LogP contribution in [0.2, 0.25) is 0 Å². The van der Waals surface area contributed by atoms with E-state index in [1.54, 1.807) is 13.0 Å². The lowest BCUT2D eigenvalue weighted by Gasteiger charge is -2.13. The number of hydrogen-bond acceptors (Lipinski definition) is 5. The third-order valence-electron chi connectivity index (χ3n) is 5.58. The van der Waals surface area contributed by atoms with Crippen LogP contribution >= 0.6 is 0 Å². The molecule has 5 nitrogen and oxygen atoms in total. The topological polar surface area (TPSA) is 69.7 Å². The lowest BCUT2D eigenvalue weighted by Crippen LogP contribution is -2.20. The molecule has 26 heavy (non-hydrogen) atoms. The predicted molar refractivity (Wildman–Crippen MR) is 98.2 cm³/mol. The van der Waals surface area contributed by atoms with Crippen molar-refractivity contribution in [3.05, 3.63) is 34.9 Å². The Morgan fingerprint density at radius 3 is 2.54 bits per heavy atom. The largest absolute Gasteiger partial charge is 0.466 e. The highest BCUT2D eigenvalue weighted by molar-refractivity contribution is 6.00. The summed E-state index contributed by atoms with van der Waals surface area (Å²) in [4.78, 5) is 36.4. The molecule has 0 amide bonds. The lowest BCUT2D eigenvalue weighted by molar-refractivity contribution is -0.150. The summed E-state index contributed by atoms with van der Waals surface area (Å²) in [7, 11) is 1.33. The number of hydrogen-bond donors (Lipinski definition) is 0. The molecule has 5 heteroatoms. The first-order valence-electron chi connectivity index (χ1n) is 8.96. The number of ketones is 1. The van der Waals surface area contributed by atoms with E-state index in [4.69, 9.17) is 9.47 Å². The number of carbonyl (C=O) groups excluding carboxylic acids is 3. The van der Waals surface area contributed by atoms with Crippen LogP contribution in [-0.4, -0.2) is 30.9 Å². The van der Waals surface area contributed by atoms with Gasteiger partial charge in [0.2, 0.25) is 0 Å².